The number of nitrogens with zero attached hydrogens (tertiary/aromatic N) is 1. The van der Waals surface area contributed by atoms with Gasteiger partial charge in [-0.05, 0) is 31.5 Å². The molecule has 0 bridgehead atoms. The van der Waals surface area contributed by atoms with E-state index in [4.69, 9.17) is 14.2 Å². The van der Waals surface area contributed by atoms with Crippen LogP contribution in [0.3, 0.4) is 0 Å². The van der Waals surface area contributed by atoms with E-state index >= 15 is 0 Å². The van der Waals surface area contributed by atoms with Crippen LogP contribution in [0.15, 0.2) is 59.8 Å². The predicted molar refractivity (Wildman–Crippen MR) is 102 cm³/mol. The zero-order valence-electron chi connectivity index (χ0n) is 15.6. The van der Waals surface area contributed by atoms with Gasteiger partial charge in [0, 0.05) is 11.8 Å². The number of rotatable bonds is 4. The summed E-state index contributed by atoms with van der Waals surface area (Å²) in [5.74, 6) is 0.719. The maximum atomic E-state index is 13.0. The van der Waals surface area contributed by atoms with Crippen LogP contribution >= 0.6 is 0 Å². The third-order valence-electron chi connectivity index (χ3n) is 4.73. The van der Waals surface area contributed by atoms with Crippen LogP contribution in [0, 0.1) is 0 Å². The van der Waals surface area contributed by atoms with Gasteiger partial charge in [-0.25, -0.2) is 9.59 Å². The number of nitrogens with one attached hydrogen (secondary N) is 1. The molecule has 7 heteroatoms. The molecule has 2 aliphatic heterocycles. The lowest BCUT2D eigenvalue weighted by Gasteiger charge is -2.35. The second-order valence-electron chi connectivity index (χ2n) is 6.39. The number of benzene rings is 2. The molecule has 1 N–H and O–H groups in total. The summed E-state index contributed by atoms with van der Waals surface area (Å²) in [4.78, 5) is 27.2. The van der Waals surface area contributed by atoms with Crippen LogP contribution in [0.1, 0.15) is 25.5 Å². The van der Waals surface area contributed by atoms with Gasteiger partial charge in [-0.2, -0.15) is 0 Å². The Kier molecular flexibility index (Phi) is 4.65. The summed E-state index contributed by atoms with van der Waals surface area (Å²) in [6, 6.07) is 13.6. The summed E-state index contributed by atoms with van der Waals surface area (Å²) in [6.07, 6.45) is 0. The molecule has 0 aliphatic carbocycles. The SMILES string of the molecule is CCOC(=O)C1=C(C)N(c2ccc3c(c2)OCO3)C(=O)N[C@H]1c1ccccc1. The molecule has 0 spiro atoms. The number of fused-ring (bicyclic) bond motifs is 1. The number of esters is 1. The highest BCUT2D eigenvalue weighted by molar-refractivity contribution is 6.03. The standard InChI is InChI=1S/C21H20N2O5/c1-3-26-20(24)18-13(2)23(15-9-10-16-17(11-15)28-12-27-16)21(25)22-19(18)14-7-5-4-6-8-14/h4-11,19H,3,12H2,1-2H3,(H,22,25)/t19-/m0/s1. The van der Waals surface area contributed by atoms with Crippen molar-refractivity contribution in [1.29, 1.82) is 0 Å². The Balaban J connectivity index is 1.81. The molecule has 0 fully saturated rings. The lowest BCUT2D eigenvalue weighted by Crippen LogP contribution is -2.48. The first-order chi connectivity index (χ1) is 13.6. The number of urea groups is 1. The molecule has 144 valence electrons. The van der Waals surface area contributed by atoms with E-state index in [1.807, 2.05) is 30.3 Å². The summed E-state index contributed by atoms with van der Waals surface area (Å²) in [7, 11) is 0. The largest absolute Gasteiger partial charge is 0.463 e. The highest BCUT2D eigenvalue weighted by Crippen LogP contribution is 2.39. The first kappa shape index (κ1) is 17.9. The summed E-state index contributed by atoms with van der Waals surface area (Å²) in [5.41, 5.74) is 2.29. The maximum absolute atomic E-state index is 13.0. The molecule has 28 heavy (non-hydrogen) atoms. The van der Waals surface area contributed by atoms with Gasteiger partial charge in [0.05, 0.1) is 23.9 Å². The molecule has 2 aromatic carbocycles. The highest BCUT2D eigenvalue weighted by Gasteiger charge is 2.37. The smallest absolute Gasteiger partial charge is 0.338 e. The molecule has 7 nitrogen and oxygen atoms in total. The third-order valence-corrected chi connectivity index (χ3v) is 4.73. The molecule has 1 atom stereocenters. The van der Waals surface area contributed by atoms with Crippen molar-refractivity contribution in [2.75, 3.05) is 18.3 Å². The molecule has 2 aromatic rings. The summed E-state index contributed by atoms with van der Waals surface area (Å²) >= 11 is 0. The third kappa shape index (κ3) is 3.05. The average Bonchev–Trinajstić information content (AvgIpc) is 3.16. The lowest BCUT2D eigenvalue weighted by atomic mass is 9.94. The van der Waals surface area contributed by atoms with Crippen LogP contribution in [-0.4, -0.2) is 25.4 Å². The Hall–Kier alpha value is -3.48. The first-order valence-corrected chi connectivity index (χ1v) is 9.03. The van der Waals surface area contributed by atoms with E-state index < -0.39 is 12.0 Å². The van der Waals surface area contributed by atoms with Crippen LogP contribution in [0.4, 0.5) is 10.5 Å². The minimum Gasteiger partial charge on any atom is -0.463 e. The van der Waals surface area contributed by atoms with Crippen molar-refractivity contribution in [2.24, 2.45) is 0 Å². The normalized spacial score (nSPS) is 18.1. The van der Waals surface area contributed by atoms with Gasteiger partial charge in [-0.1, -0.05) is 30.3 Å². The number of anilines is 1. The number of hydrogen-bond donors (Lipinski definition) is 1. The minimum absolute atomic E-state index is 0.143. The fourth-order valence-corrected chi connectivity index (χ4v) is 3.45. The van der Waals surface area contributed by atoms with Crippen molar-refractivity contribution in [3.8, 4) is 11.5 Å². The van der Waals surface area contributed by atoms with Gasteiger partial charge in [0.15, 0.2) is 11.5 Å². The predicted octanol–water partition coefficient (Wildman–Crippen LogP) is 3.52. The summed E-state index contributed by atoms with van der Waals surface area (Å²) in [5, 5.41) is 2.92. The van der Waals surface area contributed by atoms with Crippen LogP contribution in [0.2, 0.25) is 0 Å². The molecule has 0 aromatic heterocycles. The van der Waals surface area contributed by atoms with Crippen molar-refractivity contribution in [1.82, 2.24) is 5.32 Å². The van der Waals surface area contributed by atoms with Gasteiger partial charge in [0.2, 0.25) is 6.79 Å². The van der Waals surface area contributed by atoms with Gasteiger partial charge in [-0.15, -0.1) is 0 Å². The van der Waals surface area contributed by atoms with Gasteiger partial charge in [0.25, 0.3) is 0 Å². The molecule has 0 unspecified atom stereocenters. The van der Waals surface area contributed by atoms with Crippen molar-refractivity contribution in [2.45, 2.75) is 19.9 Å². The van der Waals surface area contributed by atoms with Gasteiger partial charge < -0.3 is 19.5 Å². The zero-order chi connectivity index (χ0) is 19.7. The Morgan fingerprint density at radius 1 is 1.18 bits per heavy atom. The van der Waals surface area contributed by atoms with Gasteiger partial charge in [0.1, 0.15) is 0 Å². The first-order valence-electron chi connectivity index (χ1n) is 9.03. The van der Waals surface area contributed by atoms with Gasteiger partial charge >= 0.3 is 12.0 Å². The number of hydrogen-bond acceptors (Lipinski definition) is 5. The molecule has 0 saturated carbocycles. The van der Waals surface area contributed by atoms with E-state index in [0.29, 0.717) is 28.5 Å². The van der Waals surface area contributed by atoms with E-state index in [2.05, 4.69) is 5.32 Å². The fraction of sp³-hybridized carbons (Fsp3) is 0.238. The molecule has 0 saturated heterocycles. The van der Waals surface area contributed by atoms with E-state index in [-0.39, 0.29) is 19.4 Å². The van der Waals surface area contributed by atoms with E-state index in [0.717, 1.165) is 5.56 Å². The Morgan fingerprint density at radius 3 is 2.68 bits per heavy atom. The second-order valence-corrected chi connectivity index (χ2v) is 6.39. The minimum atomic E-state index is -0.585. The summed E-state index contributed by atoms with van der Waals surface area (Å²) in [6.45, 7) is 3.88. The second kappa shape index (κ2) is 7.26. The van der Waals surface area contributed by atoms with Crippen LogP contribution in [0.25, 0.3) is 0 Å². The van der Waals surface area contributed by atoms with Crippen molar-refractivity contribution >= 4 is 17.7 Å². The lowest BCUT2D eigenvalue weighted by molar-refractivity contribution is -0.139. The molecular formula is C21H20N2O5. The number of carbonyl (C=O) groups is 2. The zero-order valence-corrected chi connectivity index (χ0v) is 15.6. The molecule has 2 amide bonds. The van der Waals surface area contributed by atoms with Crippen LogP contribution < -0.4 is 19.7 Å². The number of allylic oxidation sites excluding steroid dienone is 1. The van der Waals surface area contributed by atoms with Crippen molar-refractivity contribution in [3.05, 3.63) is 65.4 Å². The quantitative estimate of drug-likeness (QED) is 0.821. The van der Waals surface area contributed by atoms with Crippen molar-refractivity contribution in [3.63, 3.8) is 0 Å². The molecular weight excluding hydrogens is 360 g/mol. The topological polar surface area (TPSA) is 77.1 Å². The number of amides is 2. The van der Waals surface area contributed by atoms with Crippen molar-refractivity contribution < 1.29 is 23.8 Å². The average molecular weight is 380 g/mol. The maximum Gasteiger partial charge on any atom is 0.338 e. The highest BCUT2D eigenvalue weighted by atomic mass is 16.7. The Labute approximate surface area is 162 Å². The van der Waals surface area contributed by atoms with Crippen LogP contribution in [-0.2, 0) is 9.53 Å². The van der Waals surface area contributed by atoms with Gasteiger partial charge in [-0.3, -0.25) is 4.90 Å². The molecule has 2 aliphatic rings. The number of ether oxygens (including phenoxy) is 3. The monoisotopic (exact) mass is 380 g/mol. The Bertz CT molecular complexity index is 955. The fourth-order valence-electron chi connectivity index (χ4n) is 3.45. The van der Waals surface area contributed by atoms with E-state index in [1.54, 1.807) is 32.0 Å². The molecule has 4 rings (SSSR count). The Morgan fingerprint density at radius 2 is 1.93 bits per heavy atom. The molecule has 0 radical (unpaired) electrons. The summed E-state index contributed by atoms with van der Waals surface area (Å²) < 4.78 is 16.0. The number of carbonyl (C=O) groups excluding carboxylic acids is 2. The molecule has 2 heterocycles. The van der Waals surface area contributed by atoms with E-state index in [9.17, 15) is 9.59 Å². The van der Waals surface area contributed by atoms with E-state index in [1.165, 1.54) is 4.90 Å². The van der Waals surface area contributed by atoms with Crippen LogP contribution in [0.5, 0.6) is 11.5 Å².